The van der Waals surface area contributed by atoms with Gasteiger partial charge in [0.05, 0.1) is 5.01 Å². The summed E-state index contributed by atoms with van der Waals surface area (Å²) in [5.74, 6) is 0.0225. The molecule has 6 nitrogen and oxygen atoms in total. The second kappa shape index (κ2) is 8.91. The Hall–Kier alpha value is -2.25. The van der Waals surface area contributed by atoms with Gasteiger partial charge in [0.2, 0.25) is 5.91 Å². The number of carbonyl (C=O) groups is 2. The lowest BCUT2D eigenvalue weighted by Gasteiger charge is -2.11. The van der Waals surface area contributed by atoms with Crippen molar-refractivity contribution in [2.24, 2.45) is 11.7 Å². The maximum absolute atomic E-state index is 12.2. The summed E-state index contributed by atoms with van der Waals surface area (Å²) in [5.41, 5.74) is 7.63. The molecule has 0 radical (unpaired) electrons. The number of rotatable bonds is 7. The molecule has 0 atom stereocenters. The zero-order valence-corrected chi connectivity index (χ0v) is 15.5. The van der Waals surface area contributed by atoms with Crippen molar-refractivity contribution in [1.29, 1.82) is 0 Å². The number of thiazole rings is 1. The molecule has 4 N–H and O–H groups in total. The third kappa shape index (κ3) is 4.89. The van der Waals surface area contributed by atoms with Gasteiger partial charge in [0.25, 0.3) is 5.91 Å². The second-order valence-corrected chi connectivity index (χ2v) is 7.46. The molecule has 2 amide bonds. The summed E-state index contributed by atoms with van der Waals surface area (Å²) in [6, 6.07) is 7.58. The van der Waals surface area contributed by atoms with Crippen molar-refractivity contribution < 1.29 is 9.59 Å². The molecule has 1 aromatic heterocycles. The van der Waals surface area contributed by atoms with Gasteiger partial charge in [-0.15, -0.1) is 11.3 Å². The average molecular weight is 372 g/mol. The molecule has 1 fully saturated rings. The SMILES string of the molecule is NCCc1nc(C(=O)NCc2cccc(NC(=O)C3CCCC3)c2)cs1. The number of hydrogen-bond donors (Lipinski definition) is 3. The molecule has 7 heteroatoms. The van der Waals surface area contributed by atoms with E-state index in [1.54, 1.807) is 5.38 Å². The predicted molar refractivity (Wildman–Crippen MR) is 103 cm³/mol. The number of carbonyl (C=O) groups excluding carboxylic acids is 2. The van der Waals surface area contributed by atoms with Crippen molar-refractivity contribution in [3.8, 4) is 0 Å². The molecule has 2 aromatic rings. The highest BCUT2D eigenvalue weighted by atomic mass is 32.1. The molecule has 0 saturated heterocycles. The van der Waals surface area contributed by atoms with Crippen molar-refractivity contribution >= 4 is 28.8 Å². The molecule has 0 spiro atoms. The van der Waals surface area contributed by atoms with Crippen LogP contribution in [0.3, 0.4) is 0 Å². The Balaban J connectivity index is 1.54. The lowest BCUT2D eigenvalue weighted by molar-refractivity contribution is -0.119. The van der Waals surface area contributed by atoms with Gasteiger partial charge in [-0.3, -0.25) is 9.59 Å². The molecular formula is C19H24N4O2S. The van der Waals surface area contributed by atoms with E-state index in [4.69, 9.17) is 5.73 Å². The fraction of sp³-hybridized carbons (Fsp3) is 0.421. The van der Waals surface area contributed by atoms with Gasteiger partial charge >= 0.3 is 0 Å². The van der Waals surface area contributed by atoms with Crippen LogP contribution in [0.15, 0.2) is 29.6 Å². The third-order valence-electron chi connectivity index (χ3n) is 4.52. The molecule has 1 saturated carbocycles. The number of nitrogens with two attached hydrogens (primary N) is 1. The fourth-order valence-corrected chi connectivity index (χ4v) is 3.91. The zero-order chi connectivity index (χ0) is 18.4. The quantitative estimate of drug-likeness (QED) is 0.696. The molecule has 1 aliphatic rings. The number of aromatic nitrogens is 1. The Morgan fingerprint density at radius 1 is 1.27 bits per heavy atom. The summed E-state index contributed by atoms with van der Waals surface area (Å²) in [6.45, 7) is 0.906. The summed E-state index contributed by atoms with van der Waals surface area (Å²) in [7, 11) is 0. The minimum absolute atomic E-state index is 0.0959. The summed E-state index contributed by atoms with van der Waals surface area (Å²) < 4.78 is 0. The van der Waals surface area contributed by atoms with Crippen LogP contribution in [0, 0.1) is 5.92 Å². The molecule has 3 rings (SSSR count). The molecule has 1 heterocycles. The van der Waals surface area contributed by atoms with Crippen molar-refractivity contribution in [2.45, 2.75) is 38.6 Å². The van der Waals surface area contributed by atoms with Crippen molar-refractivity contribution in [3.63, 3.8) is 0 Å². The maximum atomic E-state index is 12.2. The summed E-state index contributed by atoms with van der Waals surface area (Å²) in [6.07, 6.45) is 4.89. The number of amides is 2. The molecule has 1 aromatic carbocycles. The van der Waals surface area contributed by atoms with Gasteiger partial charge in [-0.25, -0.2) is 4.98 Å². The molecular weight excluding hydrogens is 348 g/mol. The largest absolute Gasteiger partial charge is 0.347 e. The van der Waals surface area contributed by atoms with E-state index in [1.165, 1.54) is 11.3 Å². The summed E-state index contributed by atoms with van der Waals surface area (Å²) >= 11 is 1.45. The van der Waals surface area contributed by atoms with Gasteiger partial charge in [-0.1, -0.05) is 25.0 Å². The third-order valence-corrected chi connectivity index (χ3v) is 5.42. The highest BCUT2D eigenvalue weighted by Gasteiger charge is 2.22. The normalized spacial score (nSPS) is 14.3. The van der Waals surface area contributed by atoms with Crippen LogP contribution in [0.1, 0.15) is 46.7 Å². The Kier molecular flexibility index (Phi) is 6.35. The van der Waals surface area contributed by atoms with E-state index in [9.17, 15) is 9.59 Å². The van der Waals surface area contributed by atoms with Gasteiger partial charge in [-0.2, -0.15) is 0 Å². The van der Waals surface area contributed by atoms with Gasteiger partial charge in [0.1, 0.15) is 5.69 Å². The number of hydrogen-bond acceptors (Lipinski definition) is 5. The monoisotopic (exact) mass is 372 g/mol. The Morgan fingerprint density at radius 2 is 2.08 bits per heavy atom. The summed E-state index contributed by atoms with van der Waals surface area (Å²) in [4.78, 5) is 28.7. The number of nitrogens with one attached hydrogen (secondary N) is 2. The first-order valence-electron chi connectivity index (χ1n) is 8.98. The molecule has 138 valence electrons. The van der Waals surface area contributed by atoms with Crippen LogP contribution >= 0.6 is 11.3 Å². The molecule has 0 unspecified atom stereocenters. The van der Waals surface area contributed by atoms with E-state index in [2.05, 4.69) is 15.6 Å². The van der Waals surface area contributed by atoms with E-state index >= 15 is 0 Å². The zero-order valence-electron chi connectivity index (χ0n) is 14.7. The van der Waals surface area contributed by atoms with Crippen LogP contribution in [-0.2, 0) is 17.8 Å². The maximum Gasteiger partial charge on any atom is 0.271 e. The number of nitrogens with zero attached hydrogens (tertiary/aromatic N) is 1. The lowest BCUT2D eigenvalue weighted by Crippen LogP contribution is -2.23. The molecule has 0 aliphatic heterocycles. The van der Waals surface area contributed by atoms with Crippen LogP contribution < -0.4 is 16.4 Å². The van der Waals surface area contributed by atoms with Crippen LogP contribution in [0.2, 0.25) is 0 Å². The van der Waals surface area contributed by atoms with Crippen LogP contribution in [-0.4, -0.2) is 23.3 Å². The average Bonchev–Trinajstić information content (AvgIpc) is 3.32. The Bertz CT molecular complexity index is 768. The first kappa shape index (κ1) is 18.5. The van der Waals surface area contributed by atoms with Gasteiger partial charge in [0, 0.05) is 30.0 Å². The van der Waals surface area contributed by atoms with Crippen molar-refractivity contribution in [3.05, 3.63) is 45.9 Å². The van der Waals surface area contributed by atoms with Crippen molar-refractivity contribution in [2.75, 3.05) is 11.9 Å². The van der Waals surface area contributed by atoms with E-state index in [1.807, 2.05) is 24.3 Å². The number of anilines is 1. The predicted octanol–water partition coefficient (Wildman–Crippen LogP) is 2.70. The van der Waals surface area contributed by atoms with Gasteiger partial charge < -0.3 is 16.4 Å². The van der Waals surface area contributed by atoms with Crippen LogP contribution in [0.5, 0.6) is 0 Å². The lowest BCUT2D eigenvalue weighted by atomic mass is 10.1. The standard InChI is InChI=1S/C19H24N4O2S/c20-9-8-17-23-16(12-26-17)19(25)21-11-13-4-3-7-15(10-13)22-18(24)14-5-1-2-6-14/h3-4,7,10,12,14H,1-2,5-6,8-9,11,20H2,(H,21,25)(H,22,24). The van der Waals surface area contributed by atoms with Crippen LogP contribution in [0.4, 0.5) is 5.69 Å². The number of benzene rings is 1. The summed E-state index contributed by atoms with van der Waals surface area (Å²) in [5, 5.41) is 8.47. The first-order chi connectivity index (χ1) is 12.7. The smallest absolute Gasteiger partial charge is 0.271 e. The highest BCUT2D eigenvalue weighted by Crippen LogP contribution is 2.26. The highest BCUT2D eigenvalue weighted by molar-refractivity contribution is 7.09. The Morgan fingerprint density at radius 3 is 2.85 bits per heavy atom. The molecule has 1 aliphatic carbocycles. The van der Waals surface area contributed by atoms with Crippen molar-refractivity contribution in [1.82, 2.24) is 10.3 Å². The molecule has 0 bridgehead atoms. The van der Waals surface area contributed by atoms with E-state index in [0.29, 0.717) is 25.2 Å². The minimum Gasteiger partial charge on any atom is -0.347 e. The topological polar surface area (TPSA) is 97.1 Å². The first-order valence-corrected chi connectivity index (χ1v) is 9.86. The Labute approximate surface area is 157 Å². The second-order valence-electron chi connectivity index (χ2n) is 6.52. The van der Waals surface area contributed by atoms with Gasteiger partial charge in [-0.05, 0) is 37.1 Å². The van der Waals surface area contributed by atoms with E-state index in [-0.39, 0.29) is 17.7 Å². The van der Waals surface area contributed by atoms with Gasteiger partial charge in [0.15, 0.2) is 0 Å². The fourth-order valence-electron chi connectivity index (χ4n) is 3.12. The minimum atomic E-state index is -0.204. The van der Waals surface area contributed by atoms with Crippen LogP contribution in [0.25, 0.3) is 0 Å². The van der Waals surface area contributed by atoms with E-state index in [0.717, 1.165) is 41.9 Å². The molecule has 26 heavy (non-hydrogen) atoms. The van der Waals surface area contributed by atoms with E-state index < -0.39 is 0 Å².